The summed E-state index contributed by atoms with van der Waals surface area (Å²) in [6.45, 7) is 6.28. The maximum atomic E-state index is 2.41. The van der Waals surface area contributed by atoms with E-state index in [1.54, 1.807) is 5.56 Å². The average Bonchev–Trinajstić information content (AvgIpc) is 2.20. The Morgan fingerprint density at radius 3 is 2.47 bits per heavy atom. The van der Waals surface area contributed by atoms with Gasteiger partial charge in [-0.15, -0.1) is 5.92 Å². The van der Waals surface area contributed by atoms with Gasteiger partial charge in [-0.1, -0.05) is 43.2 Å². The Morgan fingerprint density at radius 2 is 1.87 bits per heavy atom. The van der Waals surface area contributed by atoms with Gasteiger partial charge in [0.05, 0.1) is 0 Å². The van der Waals surface area contributed by atoms with E-state index in [2.05, 4.69) is 37.6 Å². The topological polar surface area (TPSA) is 0 Å². The van der Waals surface area contributed by atoms with E-state index in [0.717, 1.165) is 0 Å². The van der Waals surface area contributed by atoms with Gasteiger partial charge in [-0.3, -0.25) is 0 Å². The Hall–Kier alpha value is -0.157. The van der Waals surface area contributed by atoms with E-state index in [4.69, 9.17) is 0 Å². The Balaban J connectivity index is 0.000000443. The summed E-state index contributed by atoms with van der Waals surface area (Å²) in [5.41, 5.74) is 3.07. The fourth-order valence-electron chi connectivity index (χ4n) is 1.82. The zero-order chi connectivity index (χ0) is 10.4. The van der Waals surface area contributed by atoms with Crippen molar-refractivity contribution in [2.45, 2.75) is 39.5 Å². The molecular formula is C14H20Zn. The Bertz CT molecular complexity index is 268. The molecule has 0 bridgehead atoms. The first-order chi connectivity index (χ1) is 6.79. The van der Waals surface area contributed by atoms with Crippen LogP contribution < -0.4 is 0 Å². The normalized spacial score (nSPS) is 17.9. The molecule has 1 aromatic carbocycles. The van der Waals surface area contributed by atoms with Crippen molar-refractivity contribution in [3.63, 3.8) is 0 Å². The number of hydrogen-bond acceptors (Lipinski definition) is 0. The molecular weight excluding hydrogens is 234 g/mol. The molecule has 1 atom stereocenters. The number of benzene rings is 1. The van der Waals surface area contributed by atoms with Gasteiger partial charge in [-0.2, -0.15) is 20.3 Å². The molecule has 1 heteroatoms. The molecule has 78 valence electrons. The molecule has 2 rings (SSSR count). The standard InChI is InChI=1S/C11H13.C3H7.Zn/c1-9-5-4-7-10-6-2-3-8-11(9)10;1-3-2;/h2-3,5-6,8-9H,4,7H2,1H3;3H,1-2H3;/q2*-1;+2/t9-;;/m0../s1. The predicted molar refractivity (Wildman–Crippen MR) is 63.1 cm³/mol. The van der Waals surface area contributed by atoms with Crippen LogP contribution in [0.2, 0.25) is 0 Å². The minimum atomic E-state index is 0. The number of rotatable bonds is 0. The van der Waals surface area contributed by atoms with Crippen molar-refractivity contribution in [1.82, 2.24) is 0 Å². The molecule has 0 N–H and O–H groups in total. The van der Waals surface area contributed by atoms with Crippen LogP contribution >= 0.6 is 0 Å². The third-order valence-electron chi connectivity index (χ3n) is 2.48. The molecule has 0 aromatic heterocycles. The Morgan fingerprint density at radius 1 is 1.27 bits per heavy atom. The van der Waals surface area contributed by atoms with Gasteiger partial charge in [0.1, 0.15) is 0 Å². The second-order valence-corrected chi connectivity index (χ2v) is 3.84. The van der Waals surface area contributed by atoms with E-state index < -0.39 is 0 Å². The third-order valence-corrected chi connectivity index (χ3v) is 2.48. The van der Waals surface area contributed by atoms with Gasteiger partial charge in [0, 0.05) is 0 Å². The number of fused-ring (bicyclic) bond motifs is 1. The first-order valence-corrected chi connectivity index (χ1v) is 5.44. The summed E-state index contributed by atoms with van der Waals surface area (Å²) < 4.78 is 0. The first-order valence-electron chi connectivity index (χ1n) is 5.44. The van der Waals surface area contributed by atoms with Crippen molar-refractivity contribution >= 4 is 0 Å². The molecule has 0 saturated carbocycles. The molecule has 0 heterocycles. The van der Waals surface area contributed by atoms with Gasteiger partial charge < -0.3 is 12.8 Å². The van der Waals surface area contributed by atoms with Crippen LogP contribution in [-0.4, -0.2) is 0 Å². The minimum Gasteiger partial charge on any atom is -0.335 e. The van der Waals surface area contributed by atoms with Crippen LogP contribution in [-0.2, 0) is 25.9 Å². The predicted octanol–water partition coefficient (Wildman–Crippen LogP) is 4.17. The summed E-state index contributed by atoms with van der Waals surface area (Å²) in [6, 6.07) is 8.76. The van der Waals surface area contributed by atoms with E-state index in [1.807, 2.05) is 20.3 Å². The summed E-state index contributed by atoms with van der Waals surface area (Å²) >= 11 is 0. The molecule has 0 nitrogen and oxygen atoms in total. The average molecular weight is 254 g/mol. The van der Waals surface area contributed by atoms with Crippen LogP contribution in [0.15, 0.2) is 24.3 Å². The Kier molecular flexibility index (Phi) is 7.96. The molecule has 0 spiro atoms. The molecule has 0 amide bonds. The van der Waals surface area contributed by atoms with Crippen LogP contribution in [0.4, 0.5) is 0 Å². The van der Waals surface area contributed by atoms with Crippen molar-refractivity contribution < 1.29 is 19.5 Å². The second-order valence-electron chi connectivity index (χ2n) is 3.84. The third kappa shape index (κ3) is 4.47. The summed E-state index contributed by atoms with van der Waals surface area (Å²) in [5, 5.41) is 0. The van der Waals surface area contributed by atoms with Crippen molar-refractivity contribution in [3.8, 4) is 0 Å². The van der Waals surface area contributed by atoms with E-state index in [-0.39, 0.29) is 19.5 Å². The summed E-state index contributed by atoms with van der Waals surface area (Å²) in [7, 11) is 0. The van der Waals surface area contributed by atoms with Gasteiger partial charge in [0.25, 0.3) is 0 Å². The van der Waals surface area contributed by atoms with Crippen molar-refractivity contribution in [2.75, 3.05) is 0 Å². The largest absolute Gasteiger partial charge is 2.00 e. The summed E-state index contributed by atoms with van der Waals surface area (Å²) in [5.74, 6) is 0.667. The van der Waals surface area contributed by atoms with Crippen LogP contribution in [0, 0.1) is 12.8 Å². The monoisotopic (exact) mass is 252 g/mol. The molecule has 0 aliphatic heterocycles. The van der Waals surface area contributed by atoms with Crippen molar-refractivity contribution in [3.05, 3.63) is 48.2 Å². The SMILES string of the molecule is C[C@H]1[CH-]CCc2ccccc21.C[CH-]C.[Zn+2]. The number of hydrogen-bond donors (Lipinski definition) is 0. The maximum Gasteiger partial charge on any atom is 2.00 e. The molecule has 0 saturated heterocycles. The fraction of sp³-hybridized carbons (Fsp3) is 0.429. The fourth-order valence-corrected chi connectivity index (χ4v) is 1.82. The van der Waals surface area contributed by atoms with Gasteiger partial charge in [-0.25, -0.2) is 0 Å². The zero-order valence-electron chi connectivity index (χ0n) is 10.2. The van der Waals surface area contributed by atoms with Crippen LogP contribution in [0.1, 0.15) is 44.2 Å². The second kappa shape index (κ2) is 8.05. The first kappa shape index (κ1) is 14.8. The van der Waals surface area contributed by atoms with Gasteiger partial charge in [0.15, 0.2) is 0 Å². The Labute approximate surface area is 107 Å². The van der Waals surface area contributed by atoms with Crippen LogP contribution in [0.25, 0.3) is 0 Å². The number of aryl methyl sites for hydroxylation is 1. The molecule has 0 unspecified atom stereocenters. The van der Waals surface area contributed by atoms with Crippen molar-refractivity contribution in [2.24, 2.45) is 0 Å². The van der Waals surface area contributed by atoms with E-state index in [0.29, 0.717) is 5.92 Å². The molecule has 1 aliphatic carbocycles. The van der Waals surface area contributed by atoms with E-state index in [9.17, 15) is 0 Å². The molecule has 1 aromatic rings. The van der Waals surface area contributed by atoms with E-state index in [1.165, 1.54) is 18.4 Å². The van der Waals surface area contributed by atoms with E-state index >= 15 is 0 Å². The van der Waals surface area contributed by atoms with Crippen LogP contribution in [0.5, 0.6) is 0 Å². The molecule has 0 radical (unpaired) electrons. The molecule has 0 fully saturated rings. The summed E-state index contributed by atoms with van der Waals surface area (Å²) in [4.78, 5) is 0. The maximum absolute atomic E-state index is 2.41. The zero-order valence-corrected chi connectivity index (χ0v) is 13.1. The van der Waals surface area contributed by atoms with Gasteiger partial charge >= 0.3 is 19.5 Å². The van der Waals surface area contributed by atoms with Crippen molar-refractivity contribution in [1.29, 1.82) is 0 Å². The smallest absolute Gasteiger partial charge is 0.335 e. The quantitative estimate of drug-likeness (QED) is 0.481. The molecule has 15 heavy (non-hydrogen) atoms. The van der Waals surface area contributed by atoms with Crippen LogP contribution in [0.3, 0.4) is 0 Å². The molecule has 1 aliphatic rings. The summed E-state index contributed by atoms with van der Waals surface area (Å²) in [6.07, 6.45) is 6.89. The van der Waals surface area contributed by atoms with Gasteiger partial charge in [0.2, 0.25) is 0 Å². The minimum absolute atomic E-state index is 0. The van der Waals surface area contributed by atoms with Gasteiger partial charge in [-0.05, 0) is 5.56 Å².